The lowest BCUT2D eigenvalue weighted by Crippen LogP contribution is -2.03. The molecule has 2 heterocycles. The number of nitrogens with two attached hydrogens (primary N) is 1. The number of aromatic nitrogens is 2. The Balaban J connectivity index is 2.29. The molecule has 4 heteroatoms. The van der Waals surface area contributed by atoms with Gasteiger partial charge < -0.3 is 10.7 Å². The maximum atomic E-state index is 5.75. The predicted octanol–water partition coefficient (Wildman–Crippen LogP) is 3.49. The highest BCUT2D eigenvalue weighted by atomic mass is 79.9. The molecule has 3 rings (SSSR count). The Hall–Kier alpha value is -1.65. The second kappa shape index (κ2) is 5.15. The van der Waals surface area contributed by atoms with Crippen LogP contribution in [0.15, 0.2) is 47.1 Å². The van der Waals surface area contributed by atoms with E-state index >= 15 is 0 Å². The smallest absolute Gasteiger partial charge is 0.0867 e. The van der Waals surface area contributed by atoms with Gasteiger partial charge in [-0.15, -0.1) is 0 Å². The van der Waals surface area contributed by atoms with Crippen molar-refractivity contribution in [2.24, 2.45) is 5.73 Å². The molecule has 0 atom stereocenters. The third kappa shape index (κ3) is 2.17. The molecular formula is C15H14BrN3. The van der Waals surface area contributed by atoms with Crippen LogP contribution in [0.3, 0.4) is 0 Å². The molecule has 0 aliphatic rings. The van der Waals surface area contributed by atoms with Gasteiger partial charge in [-0.2, -0.15) is 0 Å². The molecule has 0 aliphatic carbocycles. The SMILES string of the molecule is NCCc1c(-c2ccccn2)[nH]c2c(Br)cccc12. The van der Waals surface area contributed by atoms with Gasteiger partial charge in [0.05, 0.1) is 16.9 Å². The molecular weight excluding hydrogens is 302 g/mol. The van der Waals surface area contributed by atoms with Gasteiger partial charge in [0.1, 0.15) is 0 Å². The van der Waals surface area contributed by atoms with Crippen LogP contribution in [-0.4, -0.2) is 16.5 Å². The molecule has 0 aliphatic heterocycles. The Bertz CT molecular complexity index is 704. The average Bonchev–Trinajstić information content (AvgIpc) is 2.81. The standard InChI is InChI=1S/C15H14BrN3/c16-12-5-3-4-10-11(7-8-17)15(19-14(10)12)13-6-1-2-9-18-13/h1-6,9,19H,7-8,17H2. The molecule has 0 amide bonds. The van der Waals surface area contributed by atoms with Gasteiger partial charge >= 0.3 is 0 Å². The van der Waals surface area contributed by atoms with Crippen LogP contribution in [0.1, 0.15) is 5.56 Å². The van der Waals surface area contributed by atoms with Crippen LogP contribution < -0.4 is 5.73 Å². The van der Waals surface area contributed by atoms with Gasteiger partial charge in [-0.05, 0) is 52.7 Å². The van der Waals surface area contributed by atoms with Crippen LogP contribution in [0.25, 0.3) is 22.3 Å². The van der Waals surface area contributed by atoms with E-state index in [9.17, 15) is 0 Å². The quantitative estimate of drug-likeness (QED) is 0.777. The summed E-state index contributed by atoms with van der Waals surface area (Å²) >= 11 is 3.59. The minimum Gasteiger partial charge on any atom is -0.352 e. The van der Waals surface area contributed by atoms with Crippen LogP contribution in [0, 0.1) is 0 Å². The number of para-hydroxylation sites is 1. The Morgan fingerprint density at radius 2 is 2.05 bits per heavy atom. The van der Waals surface area contributed by atoms with Crippen LogP contribution in [-0.2, 0) is 6.42 Å². The molecule has 0 spiro atoms. The third-order valence-electron chi connectivity index (χ3n) is 3.21. The lowest BCUT2D eigenvalue weighted by atomic mass is 10.1. The number of hydrogen-bond acceptors (Lipinski definition) is 2. The first-order valence-electron chi connectivity index (χ1n) is 6.22. The van der Waals surface area contributed by atoms with E-state index in [0.717, 1.165) is 27.8 Å². The van der Waals surface area contributed by atoms with Crippen molar-refractivity contribution in [3.05, 3.63) is 52.6 Å². The first kappa shape index (κ1) is 12.4. The van der Waals surface area contributed by atoms with Crippen molar-refractivity contribution in [1.29, 1.82) is 0 Å². The lowest BCUT2D eigenvalue weighted by Gasteiger charge is -2.02. The summed E-state index contributed by atoms with van der Waals surface area (Å²) in [4.78, 5) is 7.90. The van der Waals surface area contributed by atoms with E-state index in [1.807, 2.05) is 36.5 Å². The van der Waals surface area contributed by atoms with Gasteiger partial charge in [-0.3, -0.25) is 4.98 Å². The van der Waals surface area contributed by atoms with Gasteiger partial charge in [0.15, 0.2) is 0 Å². The Morgan fingerprint density at radius 3 is 2.79 bits per heavy atom. The lowest BCUT2D eigenvalue weighted by molar-refractivity contribution is 0.976. The highest BCUT2D eigenvalue weighted by Crippen LogP contribution is 2.33. The number of hydrogen-bond donors (Lipinski definition) is 2. The highest BCUT2D eigenvalue weighted by molar-refractivity contribution is 9.10. The Labute approximate surface area is 120 Å². The maximum absolute atomic E-state index is 5.75. The van der Waals surface area contributed by atoms with Crippen molar-refractivity contribution in [1.82, 2.24) is 9.97 Å². The topological polar surface area (TPSA) is 54.7 Å². The maximum Gasteiger partial charge on any atom is 0.0867 e. The number of halogens is 1. The fraction of sp³-hybridized carbons (Fsp3) is 0.133. The van der Waals surface area contributed by atoms with Gasteiger partial charge in [0.2, 0.25) is 0 Å². The number of pyridine rings is 1. The van der Waals surface area contributed by atoms with Gasteiger partial charge in [-0.25, -0.2) is 0 Å². The van der Waals surface area contributed by atoms with Gasteiger partial charge in [0, 0.05) is 16.1 Å². The molecule has 0 saturated carbocycles. The first-order valence-corrected chi connectivity index (χ1v) is 7.01. The van der Waals surface area contributed by atoms with Crippen molar-refractivity contribution in [3.8, 4) is 11.4 Å². The molecule has 0 radical (unpaired) electrons. The summed E-state index contributed by atoms with van der Waals surface area (Å²) in [7, 11) is 0. The second-order valence-electron chi connectivity index (χ2n) is 4.39. The number of aromatic amines is 1. The van der Waals surface area contributed by atoms with E-state index in [4.69, 9.17) is 5.73 Å². The highest BCUT2D eigenvalue weighted by Gasteiger charge is 2.14. The van der Waals surface area contributed by atoms with Crippen molar-refractivity contribution >= 4 is 26.8 Å². The average molecular weight is 316 g/mol. The molecule has 19 heavy (non-hydrogen) atoms. The van der Waals surface area contributed by atoms with Crippen molar-refractivity contribution in [3.63, 3.8) is 0 Å². The van der Waals surface area contributed by atoms with Crippen molar-refractivity contribution < 1.29 is 0 Å². The summed E-state index contributed by atoms with van der Waals surface area (Å²) < 4.78 is 1.06. The summed E-state index contributed by atoms with van der Waals surface area (Å²) in [5.41, 5.74) is 10.1. The summed E-state index contributed by atoms with van der Waals surface area (Å²) in [5.74, 6) is 0. The fourth-order valence-electron chi connectivity index (χ4n) is 2.37. The minimum absolute atomic E-state index is 0.624. The monoisotopic (exact) mass is 315 g/mol. The zero-order valence-corrected chi connectivity index (χ0v) is 11.9. The summed E-state index contributed by atoms with van der Waals surface area (Å²) in [6.07, 6.45) is 2.64. The molecule has 1 aromatic carbocycles. The van der Waals surface area contributed by atoms with Gasteiger partial charge in [-0.1, -0.05) is 18.2 Å². The molecule has 0 bridgehead atoms. The largest absolute Gasteiger partial charge is 0.352 e. The number of rotatable bonds is 3. The minimum atomic E-state index is 0.624. The van der Waals surface area contributed by atoms with Crippen molar-refractivity contribution in [2.45, 2.75) is 6.42 Å². The van der Waals surface area contributed by atoms with E-state index in [-0.39, 0.29) is 0 Å². The van der Waals surface area contributed by atoms with E-state index < -0.39 is 0 Å². The first-order chi connectivity index (χ1) is 9.31. The normalized spacial score (nSPS) is 11.1. The van der Waals surface area contributed by atoms with Gasteiger partial charge in [0.25, 0.3) is 0 Å². The molecule has 0 saturated heterocycles. The number of nitrogens with one attached hydrogen (secondary N) is 1. The van der Waals surface area contributed by atoms with Crippen LogP contribution in [0.2, 0.25) is 0 Å². The molecule has 96 valence electrons. The number of fused-ring (bicyclic) bond motifs is 1. The summed E-state index contributed by atoms with van der Waals surface area (Å²) in [5, 5.41) is 1.21. The molecule has 2 aromatic heterocycles. The zero-order valence-electron chi connectivity index (χ0n) is 10.4. The predicted molar refractivity (Wildman–Crippen MR) is 82.0 cm³/mol. The number of nitrogens with zero attached hydrogens (tertiary/aromatic N) is 1. The molecule has 0 unspecified atom stereocenters. The van der Waals surface area contributed by atoms with Crippen LogP contribution in [0.5, 0.6) is 0 Å². The number of H-pyrrole nitrogens is 1. The molecule has 3 nitrogen and oxygen atoms in total. The Kier molecular flexibility index (Phi) is 3.36. The van der Waals surface area contributed by atoms with E-state index in [1.165, 1.54) is 10.9 Å². The molecule has 3 N–H and O–H groups in total. The Morgan fingerprint density at radius 1 is 1.16 bits per heavy atom. The van der Waals surface area contributed by atoms with Crippen LogP contribution >= 0.6 is 15.9 Å². The summed E-state index contributed by atoms with van der Waals surface area (Å²) in [6.45, 7) is 0.624. The van der Waals surface area contributed by atoms with Crippen molar-refractivity contribution in [2.75, 3.05) is 6.54 Å². The molecule has 3 aromatic rings. The summed E-state index contributed by atoms with van der Waals surface area (Å²) in [6, 6.07) is 12.1. The third-order valence-corrected chi connectivity index (χ3v) is 3.87. The van der Waals surface area contributed by atoms with E-state index in [0.29, 0.717) is 6.54 Å². The second-order valence-corrected chi connectivity index (χ2v) is 5.25. The van der Waals surface area contributed by atoms with E-state index in [2.05, 4.69) is 32.0 Å². The zero-order chi connectivity index (χ0) is 13.2. The number of benzene rings is 1. The molecule has 0 fully saturated rings. The fourth-order valence-corrected chi connectivity index (χ4v) is 2.84. The van der Waals surface area contributed by atoms with E-state index in [1.54, 1.807) is 0 Å². The van der Waals surface area contributed by atoms with Crippen LogP contribution in [0.4, 0.5) is 0 Å².